The third-order valence-corrected chi connectivity index (χ3v) is 4.68. The Morgan fingerprint density at radius 2 is 1.86 bits per heavy atom. The van der Waals surface area contributed by atoms with Gasteiger partial charge in [0.05, 0.1) is 18.9 Å². The van der Waals surface area contributed by atoms with E-state index in [2.05, 4.69) is 26.5 Å². The van der Waals surface area contributed by atoms with Crippen LogP contribution >= 0.6 is 15.9 Å². The minimum absolute atomic E-state index is 0.284. The van der Waals surface area contributed by atoms with E-state index < -0.39 is 0 Å². The van der Waals surface area contributed by atoms with Gasteiger partial charge in [0, 0.05) is 4.47 Å². The minimum atomic E-state index is -0.319. The lowest BCUT2D eigenvalue weighted by atomic mass is 10.2. The fraction of sp³-hybridized carbons (Fsp3) is 0.0909. The number of hydrazone groups is 1. The molecule has 1 N–H and O–H groups in total. The molecule has 0 saturated heterocycles. The first-order valence-corrected chi connectivity index (χ1v) is 9.49. The summed E-state index contributed by atoms with van der Waals surface area (Å²) in [5.41, 5.74) is 4.55. The van der Waals surface area contributed by atoms with E-state index in [1.54, 1.807) is 48.5 Å². The highest BCUT2D eigenvalue weighted by molar-refractivity contribution is 9.10. The number of hydrogen-bond donors (Lipinski definition) is 1. The summed E-state index contributed by atoms with van der Waals surface area (Å²) in [5.74, 6) is 0.459. The third kappa shape index (κ3) is 5.65. The van der Waals surface area contributed by atoms with Crippen molar-refractivity contribution in [2.75, 3.05) is 7.11 Å². The second-order valence-electron chi connectivity index (χ2n) is 6.00. The smallest absolute Gasteiger partial charge is 0.272 e. The molecule has 0 aliphatic heterocycles. The van der Waals surface area contributed by atoms with Crippen LogP contribution in [0.1, 0.15) is 21.5 Å². The average molecular weight is 457 g/mol. The highest BCUT2D eigenvalue weighted by Crippen LogP contribution is 2.28. The molecule has 3 aromatic rings. The number of methoxy groups -OCH3 is 1. The first kappa shape index (κ1) is 20.5. The van der Waals surface area contributed by atoms with Crippen LogP contribution in [0.15, 0.2) is 76.3 Å². The average Bonchev–Trinajstić information content (AvgIpc) is 2.74. The van der Waals surface area contributed by atoms with Gasteiger partial charge < -0.3 is 9.47 Å². The van der Waals surface area contributed by atoms with Crippen LogP contribution in [-0.4, -0.2) is 19.2 Å². The SMILES string of the molecule is COc1cc(/C=N\NC(=O)c2ccccc2Br)ccc1OCc1ccc(F)cc1. The highest BCUT2D eigenvalue weighted by atomic mass is 79.9. The van der Waals surface area contributed by atoms with E-state index >= 15 is 0 Å². The predicted octanol–water partition coefficient (Wildman–Crippen LogP) is 4.94. The normalized spacial score (nSPS) is 10.7. The molecular formula is C22H18BrFN2O3. The molecule has 0 radical (unpaired) electrons. The standard InChI is InChI=1S/C22H18BrFN2O3/c1-28-21-12-16(13-25-26-22(27)18-4-2-3-5-19(18)23)8-11-20(21)29-14-15-6-9-17(24)10-7-15/h2-13H,14H2,1H3,(H,26,27)/b25-13-. The monoisotopic (exact) mass is 456 g/mol. The van der Waals surface area contributed by atoms with Gasteiger partial charge in [-0.25, -0.2) is 9.82 Å². The van der Waals surface area contributed by atoms with Crippen LogP contribution in [0.5, 0.6) is 11.5 Å². The van der Waals surface area contributed by atoms with Gasteiger partial charge in [-0.2, -0.15) is 5.10 Å². The van der Waals surface area contributed by atoms with Crippen LogP contribution in [0.4, 0.5) is 4.39 Å². The lowest BCUT2D eigenvalue weighted by Crippen LogP contribution is -2.18. The Balaban J connectivity index is 1.63. The molecule has 0 aromatic heterocycles. The quantitative estimate of drug-likeness (QED) is 0.404. The molecule has 0 aliphatic carbocycles. The minimum Gasteiger partial charge on any atom is -0.493 e. The molecule has 0 atom stereocenters. The number of nitrogens with zero attached hydrogens (tertiary/aromatic N) is 1. The molecule has 0 heterocycles. The fourth-order valence-corrected chi connectivity index (χ4v) is 2.96. The van der Waals surface area contributed by atoms with E-state index in [4.69, 9.17) is 9.47 Å². The number of amides is 1. The molecule has 0 unspecified atom stereocenters. The zero-order valence-corrected chi connectivity index (χ0v) is 17.1. The van der Waals surface area contributed by atoms with Crippen molar-refractivity contribution in [3.8, 4) is 11.5 Å². The van der Waals surface area contributed by atoms with E-state index in [1.807, 2.05) is 6.07 Å². The fourth-order valence-electron chi connectivity index (χ4n) is 2.50. The Morgan fingerprint density at radius 1 is 1.10 bits per heavy atom. The maximum atomic E-state index is 13.0. The Bertz CT molecular complexity index is 1020. The van der Waals surface area contributed by atoms with Crippen molar-refractivity contribution < 1.29 is 18.7 Å². The number of ether oxygens (including phenoxy) is 2. The first-order chi connectivity index (χ1) is 14.1. The molecule has 3 rings (SSSR count). The number of benzene rings is 3. The molecule has 5 nitrogen and oxygen atoms in total. The summed E-state index contributed by atoms with van der Waals surface area (Å²) in [7, 11) is 1.54. The Morgan fingerprint density at radius 3 is 2.59 bits per heavy atom. The maximum absolute atomic E-state index is 13.0. The molecule has 0 spiro atoms. The topological polar surface area (TPSA) is 59.9 Å². The highest BCUT2D eigenvalue weighted by Gasteiger charge is 2.08. The van der Waals surface area contributed by atoms with Gasteiger partial charge in [-0.3, -0.25) is 4.79 Å². The van der Waals surface area contributed by atoms with Crippen LogP contribution < -0.4 is 14.9 Å². The maximum Gasteiger partial charge on any atom is 0.272 e. The zero-order chi connectivity index (χ0) is 20.6. The van der Waals surface area contributed by atoms with Crippen molar-refractivity contribution in [3.05, 3.63) is 93.7 Å². The van der Waals surface area contributed by atoms with E-state index in [1.165, 1.54) is 25.5 Å². The van der Waals surface area contributed by atoms with Gasteiger partial charge >= 0.3 is 0 Å². The lowest BCUT2D eigenvalue weighted by Gasteiger charge is -2.11. The Hall–Kier alpha value is -3.19. The van der Waals surface area contributed by atoms with Gasteiger partial charge in [0.25, 0.3) is 5.91 Å². The molecule has 29 heavy (non-hydrogen) atoms. The van der Waals surface area contributed by atoms with Gasteiger partial charge in [-0.15, -0.1) is 0 Å². The summed E-state index contributed by atoms with van der Waals surface area (Å²) in [6.07, 6.45) is 1.51. The van der Waals surface area contributed by atoms with Gasteiger partial charge in [0.15, 0.2) is 11.5 Å². The second-order valence-corrected chi connectivity index (χ2v) is 6.86. The summed E-state index contributed by atoms with van der Waals surface area (Å²) in [6.45, 7) is 0.284. The van der Waals surface area contributed by atoms with E-state index in [0.717, 1.165) is 11.1 Å². The molecule has 7 heteroatoms. The van der Waals surface area contributed by atoms with Crippen molar-refractivity contribution >= 4 is 28.1 Å². The Kier molecular flexibility index (Phi) is 6.97. The number of rotatable bonds is 7. The number of halogens is 2. The molecule has 0 fully saturated rings. The molecular weight excluding hydrogens is 439 g/mol. The molecule has 3 aromatic carbocycles. The van der Waals surface area contributed by atoms with Gasteiger partial charge in [0.2, 0.25) is 0 Å². The molecule has 0 aliphatic rings. The zero-order valence-electron chi connectivity index (χ0n) is 15.6. The van der Waals surface area contributed by atoms with Crippen molar-refractivity contribution in [1.29, 1.82) is 0 Å². The van der Waals surface area contributed by atoms with Crippen LogP contribution in [0, 0.1) is 5.82 Å². The number of nitrogens with one attached hydrogen (secondary N) is 1. The summed E-state index contributed by atoms with van der Waals surface area (Å²) in [6, 6.07) is 18.5. The van der Waals surface area contributed by atoms with Crippen molar-refractivity contribution in [1.82, 2.24) is 5.43 Å². The third-order valence-electron chi connectivity index (χ3n) is 3.99. The van der Waals surface area contributed by atoms with Crippen LogP contribution in [-0.2, 0) is 6.61 Å². The van der Waals surface area contributed by atoms with Crippen LogP contribution in [0.2, 0.25) is 0 Å². The van der Waals surface area contributed by atoms with Crippen molar-refractivity contribution in [2.45, 2.75) is 6.61 Å². The van der Waals surface area contributed by atoms with Crippen LogP contribution in [0.3, 0.4) is 0 Å². The largest absolute Gasteiger partial charge is 0.493 e. The first-order valence-electron chi connectivity index (χ1n) is 8.70. The molecule has 1 amide bonds. The molecule has 148 valence electrons. The lowest BCUT2D eigenvalue weighted by molar-refractivity contribution is 0.0954. The number of hydrogen-bond acceptors (Lipinski definition) is 4. The summed E-state index contributed by atoms with van der Waals surface area (Å²) >= 11 is 3.33. The van der Waals surface area contributed by atoms with Gasteiger partial charge in [0.1, 0.15) is 12.4 Å². The molecule has 0 saturated carbocycles. The second kappa shape index (κ2) is 9.84. The van der Waals surface area contributed by atoms with E-state index in [9.17, 15) is 9.18 Å². The number of carbonyl (C=O) groups excluding carboxylic acids is 1. The van der Waals surface area contributed by atoms with Crippen LogP contribution in [0.25, 0.3) is 0 Å². The Labute approximate surface area is 176 Å². The molecule has 0 bridgehead atoms. The summed E-state index contributed by atoms with van der Waals surface area (Å²) in [5, 5.41) is 3.99. The predicted molar refractivity (Wildman–Crippen MR) is 113 cm³/mol. The van der Waals surface area contributed by atoms with Crippen molar-refractivity contribution in [3.63, 3.8) is 0 Å². The summed E-state index contributed by atoms with van der Waals surface area (Å²) in [4.78, 5) is 12.2. The van der Waals surface area contributed by atoms with E-state index in [0.29, 0.717) is 21.5 Å². The van der Waals surface area contributed by atoms with Gasteiger partial charge in [-0.05, 0) is 69.5 Å². The number of carbonyl (C=O) groups is 1. The summed E-state index contributed by atoms with van der Waals surface area (Å²) < 4.78 is 24.8. The van der Waals surface area contributed by atoms with Crippen molar-refractivity contribution in [2.24, 2.45) is 5.10 Å². The van der Waals surface area contributed by atoms with E-state index in [-0.39, 0.29) is 18.3 Å². The van der Waals surface area contributed by atoms with Gasteiger partial charge in [-0.1, -0.05) is 24.3 Å².